The number of aryl methyl sites for hydroxylation is 1. The van der Waals surface area contributed by atoms with Crippen molar-refractivity contribution in [1.82, 2.24) is 15.0 Å². The van der Waals surface area contributed by atoms with Crippen LogP contribution in [0.1, 0.15) is 11.5 Å². The van der Waals surface area contributed by atoms with Gasteiger partial charge in [-0.1, -0.05) is 5.16 Å². The van der Waals surface area contributed by atoms with E-state index < -0.39 is 0 Å². The van der Waals surface area contributed by atoms with E-state index >= 15 is 0 Å². The first-order valence-electron chi connectivity index (χ1n) is 7.35. The molecular weight excluding hydrogens is 274 g/mol. The zero-order valence-electron chi connectivity index (χ0n) is 12.3. The lowest BCUT2D eigenvalue weighted by atomic mass is 10.2. The average molecular weight is 295 g/mol. The fraction of sp³-hybridized carbons (Fsp3) is 0.714. The Morgan fingerprint density at radius 1 is 1.33 bits per heavy atom. The molecule has 116 valence electrons. The number of hydrogen-bond donors (Lipinski definition) is 0. The highest BCUT2D eigenvalue weighted by Crippen LogP contribution is 2.13. The van der Waals surface area contributed by atoms with Crippen LogP contribution in [0.3, 0.4) is 0 Å². The van der Waals surface area contributed by atoms with Crippen LogP contribution in [0, 0.1) is 6.92 Å². The van der Waals surface area contributed by atoms with E-state index in [4.69, 9.17) is 14.0 Å². The molecule has 7 nitrogen and oxygen atoms in total. The summed E-state index contributed by atoms with van der Waals surface area (Å²) >= 11 is 0. The van der Waals surface area contributed by atoms with Gasteiger partial charge in [0.25, 0.3) is 5.91 Å². The van der Waals surface area contributed by atoms with Gasteiger partial charge in [0, 0.05) is 32.2 Å². The van der Waals surface area contributed by atoms with Gasteiger partial charge in [0.05, 0.1) is 32.1 Å². The van der Waals surface area contributed by atoms with Gasteiger partial charge >= 0.3 is 0 Å². The molecule has 3 rings (SSSR count). The molecule has 1 amide bonds. The van der Waals surface area contributed by atoms with Crippen LogP contribution < -0.4 is 0 Å². The van der Waals surface area contributed by atoms with Crippen LogP contribution >= 0.6 is 0 Å². The third kappa shape index (κ3) is 3.61. The van der Waals surface area contributed by atoms with Crippen LogP contribution in [0.2, 0.25) is 0 Å². The van der Waals surface area contributed by atoms with Gasteiger partial charge in [0.1, 0.15) is 6.10 Å². The minimum atomic E-state index is -0.388. The third-order valence-corrected chi connectivity index (χ3v) is 3.80. The number of ether oxygens (including phenoxy) is 2. The minimum absolute atomic E-state index is 0.0664. The van der Waals surface area contributed by atoms with Crippen LogP contribution in [0.4, 0.5) is 0 Å². The molecule has 0 N–H and O–H groups in total. The van der Waals surface area contributed by atoms with Crippen molar-refractivity contribution in [3.63, 3.8) is 0 Å². The Hall–Kier alpha value is -1.44. The van der Waals surface area contributed by atoms with E-state index in [1.807, 2.05) is 17.9 Å². The molecule has 1 aromatic heterocycles. The van der Waals surface area contributed by atoms with Crippen LogP contribution in [0.15, 0.2) is 10.6 Å². The molecule has 2 fully saturated rings. The fourth-order valence-corrected chi connectivity index (χ4v) is 2.69. The number of aromatic nitrogens is 1. The van der Waals surface area contributed by atoms with E-state index in [2.05, 4.69) is 10.1 Å². The van der Waals surface area contributed by atoms with Gasteiger partial charge in [-0.3, -0.25) is 9.69 Å². The second-order valence-electron chi connectivity index (χ2n) is 5.47. The van der Waals surface area contributed by atoms with Crippen LogP contribution in [0.5, 0.6) is 0 Å². The number of hydrogen-bond acceptors (Lipinski definition) is 6. The normalized spacial score (nSPS) is 24.2. The summed E-state index contributed by atoms with van der Waals surface area (Å²) in [6, 6.07) is 1.92. The van der Waals surface area contributed by atoms with Crippen molar-refractivity contribution in [2.75, 3.05) is 46.0 Å². The highest BCUT2D eigenvalue weighted by Gasteiger charge is 2.31. The van der Waals surface area contributed by atoms with Crippen molar-refractivity contribution in [2.24, 2.45) is 0 Å². The Kier molecular flexibility index (Phi) is 4.52. The van der Waals surface area contributed by atoms with Crippen molar-refractivity contribution in [3.05, 3.63) is 17.5 Å². The molecule has 0 aromatic carbocycles. The van der Waals surface area contributed by atoms with Gasteiger partial charge in [-0.25, -0.2) is 0 Å². The summed E-state index contributed by atoms with van der Waals surface area (Å²) in [5.74, 6) is 0.892. The number of rotatable bonds is 3. The summed E-state index contributed by atoms with van der Waals surface area (Å²) in [5, 5.41) is 3.89. The van der Waals surface area contributed by atoms with Crippen molar-refractivity contribution in [1.29, 1.82) is 0 Å². The van der Waals surface area contributed by atoms with Crippen LogP contribution in [-0.2, 0) is 20.8 Å². The maximum absolute atomic E-state index is 12.4. The number of morpholine rings is 2. The third-order valence-electron chi connectivity index (χ3n) is 3.80. The second-order valence-corrected chi connectivity index (χ2v) is 5.47. The molecule has 21 heavy (non-hydrogen) atoms. The molecule has 0 bridgehead atoms. The molecular formula is C14H21N3O4. The smallest absolute Gasteiger partial charge is 0.253 e. The molecule has 2 aliphatic rings. The SMILES string of the molecule is Cc1cc(CN2CCOC(C(=O)N3CCOCC3)C2)on1. The summed E-state index contributed by atoms with van der Waals surface area (Å²) in [5.41, 5.74) is 0.874. The molecule has 1 aromatic rings. The van der Waals surface area contributed by atoms with Crippen molar-refractivity contribution in [2.45, 2.75) is 19.6 Å². The Balaban J connectivity index is 1.56. The van der Waals surface area contributed by atoms with Crippen molar-refractivity contribution in [3.8, 4) is 0 Å². The zero-order valence-corrected chi connectivity index (χ0v) is 12.3. The molecule has 0 spiro atoms. The molecule has 7 heteroatoms. The highest BCUT2D eigenvalue weighted by atomic mass is 16.5. The second kappa shape index (κ2) is 6.55. The maximum atomic E-state index is 12.4. The molecule has 0 radical (unpaired) electrons. The average Bonchev–Trinajstić information content (AvgIpc) is 2.93. The Morgan fingerprint density at radius 2 is 2.14 bits per heavy atom. The lowest BCUT2D eigenvalue weighted by Crippen LogP contribution is -2.53. The van der Waals surface area contributed by atoms with E-state index in [1.54, 1.807) is 0 Å². The zero-order chi connectivity index (χ0) is 14.7. The van der Waals surface area contributed by atoms with Gasteiger partial charge in [0.15, 0.2) is 5.76 Å². The van der Waals surface area contributed by atoms with Crippen molar-refractivity contribution < 1.29 is 18.8 Å². The first-order valence-corrected chi connectivity index (χ1v) is 7.35. The summed E-state index contributed by atoms with van der Waals surface area (Å²) in [4.78, 5) is 16.4. The quantitative estimate of drug-likeness (QED) is 0.784. The van der Waals surface area contributed by atoms with E-state index in [0.717, 1.165) is 18.0 Å². The highest BCUT2D eigenvalue weighted by molar-refractivity contribution is 5.81. The first kappa shape index (κ1) is 14.5. The summed E-state index contributed by atoms with van der Waals surface area (Å²) < 4.78 is 16.2. The summed E-state index contributed by atoms with van der Waals surface area (Å²) in [6.07, 6.45) is -0.388. The monoisotopic (exact) mass is 295 g/mol. The Bertz CT molecular complexity index is 484. The van der Waals surface area contributed by atoms with Crippen LogP contribution in [0.25, 0.3) is 0 Å². The Labute approximate surface area is 123 Å². The molecule has 3 heterocycles. The van der Waals surface area contributed by atoms with E-state index in [1.165, 1.54) is 0 Å². The Morgan fingerprint density at radius 3 is 2.86 bits per heavy atom. The maximum Gasteiger partial charge on any atom is 0.253 e. The molecule has 2 saturated heterocycles. The number of nitrogens with zero attached hydrogens (tertiary/aromatic N) is 3. The molecule has 2 aliphatic heterocycles. The summed E-state index contributed by atoms with van der Waals surface area (Å²) in [6.45, 7) is 7.05. The molecule has 0 saturated carbocycles. The topological polar surface area (TPSA) is 68.0 Å². The van der Waals surface area contributed by atoms with Crippen LogP contribution in [-0.4, -0.2) is 73.0 Å². The predicted molar refractivity (Wildman–Crippen MR) is 73.7 cm³/mol. The summed E-state index contributed by atoms with van der Waals surface area (Å²) in [7, 11) is 0. The van der Waals surface area contributed by atoms with E-state index in [0.29, 0.717) is 46.0 Å². The standard InChI is InChI=1S/C14H21N3O4/c1-11-8-12(21-15-11)9-16-2-7-20-13(10-16)14(18)17-3-5-19-6-4-17/h8,13H,2-7,9-10H2,1H3. The molecule has 0 aliphatic carbocycles. The van der Waals surface area contributed by atoms with Gasteiger partial charge in [-0.15, -0.1) is 0 Å². The predicted octanol–water partition coefficient (Wildman–Crippen LogP) is 0.0426. The van der Waals surface area contributed by atoms with E-state index in [9.17, 15) is 4.79 Å². The van der Waals surface area contributed by atoms with Gasteiger partial charge in [-0.2, -0.15) is 0 Å². The molecule has 1 unspecified atom stereocenters. The first-order chi connectivity index (χ1) is 10.2. The number of amides is 1. The van der Waals surface area contributed by atoms with E-state index in [-0.39, 0.29) is 12.0 Å². The lowest BCUT2D eigenvalue weighted by Gasteiger charge is -2.35. The number of carbonyl (C=O) groups excluding carboxylic acids is 1. The molecule has 1 atom stereocenters. The largest absolute Gasteiger partial charge is 0.378 e. The lowest BCUT2D eigenvalue weighted by molar-refractivity contribution is -0.153. The fourth-order valence-electron chi connectivity index (χ4n) is 2.69. The van der Waals surface area contributed by atoms with Gasteiger partial charge in [0.2, 0.25) is 0 Å². The van der Waals surface area contributed by atoms with Gasteiger partial charge in [-0.05, 0) is 6.92 Å². The van der Waals surface area contributed by atoms with Gasteiger partial charge < -0.3 is 18.9 Å². The minimum Gasteiger partial charge on any atom is -0.378 e. The number of carbonyl (C=O) groups is 1. The van der Waals surface area contributed by atoms with Crippen molar-refractivity contribution >= 4 is 5.91 Å².